The van der Waals surface area contributed by atoms with Gasteiger partial charge in [-0.3, -0.25) is 0 Å². The molecule has 0 aromatic rings. The van der Waals surface area contributed by atoms with E-state index in [1.54, 1.807) is 0 Å². The summed E-state index contributed by atoms with van der Waals surface area (Å²) in [6.45, 7) is 10.6. The smallest absolute Gasteiger partial charge is 0.0147 e. The molecule has 0 aromatic heterocycles. The Balaban J connectivity index is 2.34. The largest absolute Gasteiger partial charge is 0.316 e. The van der Waals surface area contributed by atoms with Gasteiger partial charge in [-0.15, -0.1) is 0 Å². The minimum absolute atomic E-state index is 0.364. The van der Waals surface area contributed by atoms with Crippen molar-refractivity contribution in [2.75, 3.05) is 26.7 Å². The average molecular weight is 184 g/mol. The SMILES string of the molecule is CCC(C)(C)N(C)CC1CCNC1. The van der Waals surface area contributed by atoms with Gasteiger partial charge in [0, 0.05) is 12.1 Å². The van der Waals surface area contributed by atoms with Crippen molar-refractivity contribution < 1.29 is 0 Å². The number of hydrogen-bond donors (Lipinski definition) is 1. The molecule has 0 bridgehead atoms. The molecule has 1 fully saturated rings. The van der Waals surface area contributed by atoms with Gasteiger partial charge < -0.3 is 10.2 Å². The maximum atomic E-state index is 3.42. The number of nitrogens with one attached hydrogen (secondary N) is 1. The van der Waals surface area contributed by atoms with E-state index >= 15 is 0 Å². The molecular weight excluding hydrogens is 160 g/mol. The summed E-state index contributed by atoms with van der Waals surface area (Å²) in [6, 6.07) is 0. The van der Waals surface area contributed by atoms with Gasteiger partial charge in [0.05, 0.1) is 0 Å². The average Bonchev–Trinajstić information content (AvgIpc) is 2.57. The van der Waals surface area contributed by atoms with Crippen LogP contribution >= 0.6 is 0 Å². The quantitative estimate of drug-likeness (QED) is 0.715. The van der Waals surface area contributed by atoms with Gasteiger partial charge in [0.1, 0.15) is 0 Å². The molecule has 1 N–H and O–H groups in total. The molecule has 0 spiro atoms. The van der Waals surface area contributed by atoms with Gasteiger partial charge in [0.15, 0.2) is 0 Å². The molecule has 1 aliphatic rings. The highest BCUT2D eigenvalue weighted by molar-refractivity contribution is 4.81. The number of rotatable bonds is 4. The van der Waals surface area contributed by atoms with E-state index in [2.05, 4.69) is 38.0 Å². The first-order valence-corrected chi connectivity index (χ1v) is 5.48. The highest BCUT2D eigenvalue weighted by Crippen LogP contribution is 2.19. The topological polar surface area (TPSA) is 15.3 Å². The molecule has 0 saturated carbocycles. The van der Waals surface area contributed by atoms with Crippen LogP contribution in [-0.4, -0.2) is 37.1 Å². The van der Waals surface area contributed by atoms with E-state index in [1.807, 2.05) is 0 Å². The van der Waals surface area contributed by atoms with E-state index in [0.29, 0.717) is 5.54 Å². The monoisotopic (exact) mass is 184 g/mol. The highest BCUT2D eigenvalue weighted by atomic mass is 15.2. The fourth-order valence-corrected chi connectivity index (χ4v) is 1.77. The van der Waals surface area contributed by atoms with Crippen LogP contribution in [0, 0.1) is 5.92 Å². The summed E-state index contributed by atoms with van der Waals surface area (Å²) in [5, 5.41) is 3.42. The molecule has 78 valence electrons. The van der Waals surface area contributed by atoms with Gasteiger partial charge in [-0.25, -0.2) is 0 Å². The second-order valence-electron chi connectivity index (χ2n) is 4.91. The first-order valence-electron chi connectivity index (χ1n) is 5.48. The van der Waals surface area contributed by atoms with Crippen molar-refractivity contribution in [1.82, 2.24) is 10.2 Å². The minimum atomic E-state index is 0.364. The molecule has 13 heavy (non-hydrogen) atoms. The fourth-order valence-electron chi connectivity index (χ4n) is 1.77. The van der Waals surface area contributed by atoms with Gasteiger partial charge in [-0.05, 0) is 52.7 Å². The van der Waals surface area contributed by atoms with Crippen LogP contribution < -0.4 is 5.32 Å². The van der Waals surface area contributed by atoms with Crippen molar-refractivity contribution in [3.05, 3.63) is 0 Å². The normalized spacial score (nSPS) is 24.2. The second kappa shape index (κ2) is 4.43. The Labute approximate surface area is 82.7 Å². The zero-order valence-electron chi connectivity index (χ0n) is 9.56. The molecular formula is C11H24N2. The third-order valence-electron chi connectivity index (χ3n) is 3.59. The molecule has 1 unspecified atom stereocenters. The molecule has 2 heteroatoms. The number of nitrogens with zero attached hydrogens (tertiary/aromatic N) is 1. The van der Waals surface area contributed by atoms with Crippen molar-refractivity contribution in [2.24, 2.45) is 5.92 Å². The zero-order valence-corrected chi connectivity index (χ0v) is 9.56. The molecule has 1 saturated heterocycles. The van der Waals surface area contributed by atoms with Crippen LogP contribution in [0.2, 0.25) is 0 Å². The third-order valence-corrected chi connectivity index (χ3v) is 3.59. The predicted octanol–water partition coefficient (Wildman–Crippen LogP) is 1.72. The molecule has 2 nitrogen and oxygen atoms in total. The van der Waals surface area contributed by atoms with Crippen molar-refractivity contribution >= 4 is 0 Å². The third kappa shape index (κ3) is 2.96. The van der Waals surface area contributed by atoms with Crippen LogP contribution in [0.15, 0.2) is 0 Å². The summed E-state index contributed by atoms with van der Waals surface area (Å²) in [7, 11) is 2.25. The summed E-state index contributed by atoms with van der Waals surface area (Å²) >= 11 is 0. The lowest BCUT2D eigenvalue weighted by Crippen LogP contribution is -2.43. The minimum Gasteiger partial charge on any atom is -0.316 e. The number of hydrogen-bond acceptors (Lipinski definition) is 2. The van der Waals surface area contributed by atoms with E-state index in [-0.39, 0.29) is 0 Å². The van der Waals surface area contributed by atoms with Crippen molar-refractivity contribution in [3.63, 3.8) is 0 Å². The standard InChI is InChI=1S/C11H24N2/c1-5-11(2,3)13(4)9-10-6-7-12-8-10/h10,12H,5-9H2,1-4H3. The molecule has 1 aliphatic heterocycles. The molecule has 1 heterocycles. The van der Waals surface area contributed by atoms with Crippen LogP contribution in [0.5, 0.6) is 0 Å². The van der Waals surface area contributed by atoms with Crippen molar-refractivity contribution in [3.8, 4) is 0 Å². The van der Waals surface area contributed by atoms with Gasteiger partial charge in [-0.1, -0.05) is 6.92 Å². The Morgan fingerprint density at radius 2 is 2.15 bits per heavy atom. The summed E-state index contributed by atoms with van der Waals surface area (Å²) < 4.78 is 0. The molecule has 0 amide bonds. The van der Waals surface area contributed by atoms with Crippen LogP contribution in [0.25, 0.3) is 0 Å². The van der Waals surface area contributed by atoms with Crippen LogP contribution in [0.4, 0.5) is 0 Å². The first kappa shape index (κ1) is 11.0. The predicted molar refractivity (Wildman–Crippen MR) is 58.0 cm³/mol. The lowest BCUT2D eigenvalue weighted by atomic mass is 9.97. The maximum Gasteiger partial charge on any atom is 0.0147 e. The molecule has 0 aliphatic carbocycles. The van der Waals surface area contributed by atoms with E-state index in [4.69, 9.17) is 0 Å². The lowest BCUT2D eigenvalue weighted by Gasteiger charge is -2.36. The Hall–Kier alpha value is -0.0800. The molecule has 1 rings (SSSR count). The Morgan fingerprint density at radius 3 is 2.62 bits per heavy atom. The van der Waals surface area contributed by atoms with E-state index in [0.717, 1.165) is 5.92 Å². The van der Waals surface area contributed by atoms with E-state index in [1.165, 1.54) is 32.5 Å². The van der Waals surface area contributed by atoms with E-state index < -0.39 is 0 Å². The van der Waals surface area contributed by atoms with Gasteiger partial charge in [-0.2, -0.15) is 0 Å². The summed E-state index contributed by atoms with van der Waals surface area (Å²) in [5.41, 5.74) is 0.364. The maximum absolute atomic E-state index is 3.42. The second-order valence-corrected chi connectivity index (χ2v) is 4.91. The van der Waals surface area contributed by atoms with Crippen molar-refractivity contribution in [2.45, 2.75) is 39.2 Å². The Kier molecular flexibility index (Phi) is 3.74. The summed E-state index contributed by atoms with van der Waals surface area (Å²) in [6.07, 6.45) is 2.58. The van der Waals surface area contributed by atoms with E-state index in [9.17, 15) is 0 Å². The Bertz CT molecular complexity index is 148. The van der Waals surface area contributed by atoms with Crippen LogP contribution in [-0.2, 0) is 0 Å². The van der Waals surface area contributed by atoms with Crippen LogP contribution in [0.3, 0.4) is 0 Å². The fraction of sp³-hybridized carbons (Fsp3) is 1.00. The molecule has 0 aromatic carbocycles. The van der Waals surface area contributed by atoms with Crippen molar-refractivity contribution in [1.29, 1.82) is 0 Å². The summed E-state index contributed by atoms with van der Waals surface area (Å²) in [4.78, 5) is 2.50. The van der Waals surface area contributed by atoms with Crippen LogP contribution in [0.1, 0.15) is 33.6 Å². The highest BCUT2D eigenvalue weighted by Gasteiger charge is 2.24. The zero-order chi connectivity index (χ0) is 9.90. The molecule has 1 atom stereocenters. The Morgan fingerprint density at radius 1 is 1.46 bits per heavy atom. The lowest BCUT2D eigenvalue weighted by molar-refractivity contribution is 0.131. The van der Waals surface area contributed by atoms with Gasteiger partial charge in [0.2, 0.25) is 0 Å². The summed E-state index contributed by atoms with van der Waals surface area (Å²) in [5.74, 6) is 0.871. The molecule has 0 radical (unpaired) electrons. The first-order chi connectivity index (χ1) is 6.06. The van der Waals surface area contributed by atoms with Gasteiger partial charge in [0.25, 0.3) is 0 Å². The van der Waals surface area contributed by atoms with Gasteiger partial charge >= 0.3 is 0 Å².